The fourth-order valence-electron chi connectivity index (χ4n) is 1.13. The number of halogens is 1. The van der Waals surface area contributed by atoms with Gasteiger partial charge in [-0.3, -0.25) is 4.79 Å². The monoisotopic (exact) mass is 294 g/mol. The summed E-state index contributed by atoms with van der Waals surface area (Å²) >= 11 is 4.74. The van der Waals surface area contributed by atoms with Crippen molar-refractivity contribution in [2.45, 2.75) is 10.1 Å². The lowest BCUT2D eigenvalue weighted by Gasteiger charge is -2.03. The van der Waals surface area contributed by atoms with Crippen molar-refractivity contribution in [3.63, 3.8) is 0 Å². The van der Waals surface area contributed by atoms with Gasteiger partial charge in [0, 0.05) is 27.3 Å². The fraction of sp³-hybridized carbons (Fsp3) is 0. The van der Waals surface area contributed by atoms with E-state index < -0.39 is 0 Å². The minimum absolute atomic E-state index is 0.628. The van der Waals surface area contributed by atoms with Gasteiger partial charge in [-0.2, -0.15) is 0 Å². The highest BCUT2D eigenvalue weighted by molar-refractivity contribution is 9.10. The number of hydrogen-bond donors (Lipinski definition) is 0. The number of aldehydes is 1. The van der Waals surface area contributed by atoms with E-state index in [1.54, 1.807) is 24.5 Å². The van der Waals surface area contributed by atoms with Crippen LogP contribution in [-0.2, 0) is 0 Å². The van der Waals surface area contributed by atoms with E-state index in [1.807, 2.05) is 12.1 Å². The van der Waals surface area contributed by atoms with Crippen molar-refractivity contribution in [2.75, 3.05) is 0 Å². The first-order valence-electron chi connectivity index (χ1n) is 4.49. The molecule has 0 aliphatic heterocycles. The summed E-state index contributed by atoms with van der Waals surface area (Å²) in [5, 5.41) is 0.628. The van der Waals surface area contributed by atoms with Crippen molar-refractivity contribution in [1.82, 2.24) is 9.97 Å². The predicted molar refractivity (Wildman–Crippen MR) is 65.7 cm³/mol. The molecule has 1 aromatic carbocycles. The van der Waals surface area contributed by atoms with Gasteiger partial charge in [0.25, 0.3) is 0 Å². The molecule has 16 heavy (non-hydrogen) atoms. The van der Waals surface area contributed by atoms with Crippen LogP contribution in [-0.4, -0.2) is 16.3 Å². The molecule has 0 bridgehead atoms. The van der Waals surface area contributed by atoms with Crippen molar-refractivity contribution in [2.24, 2.45) is 0 Å². The zero-order valence-electron chi connectivity index (χ0n) is 8.13. The van der Waals surface area contributed by atoms with Crippen molar-refractivity contribution in [3.05, 3.63) is 46.7 Å². The van der Waals surface area contributed by atoms with Gasteiger partial charge in [0.1, 0.15) is 0 Å². The molecule has 3 nitrogen and oxygen atoms in total. The van der Waals surface area contributed by atoms with Crippen LogP contribution in [0.15, 0.2) is 51.2 Å². The van der Waals surface area contributed by atoms with E-state index in [9.17, 15) is 4.79 Å². The van der Waals surface area contributed by atoms with Gasteiger partial charge in [-0.25, -0.2) is 9.97 Å². The van der Waals surface area contributed by atoms with Gasteiger partial charge in [-0.15, -0.1) is 0 Å². The van der Waals surface area contributed by atoms with Crippen LogP contribution in [0.1, 0.15) is 10.4 Å². The third-order valence-corrected chi connectivity index (χ3v) is 3.31. The minimum atomic E-state index is 0.628. The Hall–Kier alpha value is -1.20. The third kappa shape index (κ3) is 2.68. The maximum Gasteiger partial charge on any atom is 0.192 e. The number of benzene rings is 1. The van der Waals surface area contributed by atoms with Crippen LogP contribution in [0.4, 0.5) is 0 Å². The Morgan fingerprint density at radius 2 is 2.00 bits per heavy atom. The summed E-state index contributed by atoms with van der Waals surface area (Å²) in [5.74, 6) is 0. The van der Waals surface area contributed by atoms with Gasteiger partial charge in [0.05, 0.1) is 0 Å². The summed E-state index contributed by atoms with van der Waals surface area (Å²) in [5.41, 5.74) is 0.639. The molecule has 0 radical (unpaired) electrons. The standard InChI is InChI=1S/C11H7BrN2OS/c12-9-3-2-8(7-15)10(6-9)16-11-13-4-1-5-14-11/h1-7H. The zero-order chi connectivity index (χ0) is 11.4. The van der Waals surface area contributed by atoms with Gasteiger partial charge in [0.15, 0.2) is 11.4 Å². The first-order valence-corrected chi connectivity index (χ1v) is 6.10. The molecule has 1 aromatic heterocycles. The Kier molecular flexibility index (Phi) is 3.69. The van der Waals surface area contributed by atoms with E-state index in [0.717, 1.165) is 15.7 Å². The molecule has 0 unspecified atom stereocenters. The lowest BCUT2D eigenvalue weighted by atomic mass is 10.2. The van der Waals surface area contributed by atoms with E-state index >= 15 is 0 Å². The first kappa shape index (κ1) is 11.3. The number of rotatable bonds is 3. The molecule has 0 aliphatic carbocycles. The molecule has 2 rings (SSSR count). The van der Waals surface area contributed by atoms with Crippen molar-refractivity contribution in [1.29, 1.82) is 0 Å². The second-order valence-electron chi connectivity index (χ2n) is 2.93. The van der Waals surface area contributed by atoms with E-state index in [-0.39, 0.29) is 0 Å². The van der Waals surface area contributed by atoms with Crippen molar-refractivity contribution >= 4 is 34.0 Å². The van der Waals surface area contributed by atoms with Gasteiger partial charge < -0.3 is 0 Å². The summed E-state index contributed by atoms with van der Waals surface area (Å²) in [6.45, 7) is 0. The molecule has 0 fully saturated rings. The Bertz CT molecular complexity index is 505. The summed E-state index contributed by atoms with van der Waals surface area (Å²) in [4.78, 5) is 19.9. The van der Waals surface area contributed by atoms with Gasteiger partial charge in [-0.05, 0) is 36.0 Å². The summed E-state index contributed by atoms with van der Waals surface area (Å²) < 4.78 is 0.927. The Morgan fingerprint density at radius 3 is 2.69 bits per heavy atom. The molecule has 0 spiro atoms. The highest BCUT2D eigenvalue weighted by Gasteiger charge is 2.06. The molecular weight excluding hydrogens is 288 g/mol. The largest absolute Gasteiger partial charge is 0.298 e. The van der Waals surface area contributed by atoms with E-state index in [4.69, 9.17) is 0 Å². The van der Waals surface area contributed by atoms with Gasteiger partial charge in [-0.1, -0.05) is 15.9 Å². The van der Waals surface area contributed by atoms with E-state index in [0.29, 0.717) is 10.7 Å². The highest BCUT2D eigenvalue weighted by Crippen LogP contribution is 2.29. The number of nitrogens with zero attached hydrogens (tertiary/aromatic N) is 2. The SMILES string of the molecule is O=Cc1ccc(Br)cc1Sc1ncccn1. The Balaban J connectivity index is 2.33. The van der Waals surface area contributed by atoms with Gasteiger partial charge >= 0.3 is 0 Å². The molecule has 0 aliphatic rings. The maximum atomic E-state index is 10.9. The number of carbonyl (C=O) groups is 1. The molecule has 2 aromatic rings. The van der Waals surface area contributed by atoms with Crippen LogP contribution in [0, 0.1) is 0 Å². The van der Waals surface area contributed by atoms with Gasteiger partial charge in [0.2, 0.25) is 0 Å². The summed E-state index contributed by atoms with van der Waals surface area (Å²) in [6.07, 6.45) is 4.18. The minimum Gasteiger partial charge on any atom is -0.298 e. The second kappa shape index (κ2) is 5.23. The normalized spacial score (nSPS) is 10.1. The lowest BCUT2D eigenvalue weighted by Crippen LogP contribution is -1.88. The average Bonchev–Trinajstić information content (AvgIpc) is 2.31. The number of hydrogen-bond acceptors (Lipinski definition) is 4. The summed E-state index contributed by atoms with van der Waals surface area (Å²) in [6, 6.07) is 7.23. The highest BCUT2D eigenvalue weighted by atomic mass is 79.9. The fourth-order valence-corrected chi connectivity index (χ4v) is 2.49. The van der Waals surface area contributed by atoms with Crippen LogP contribution in [0.2, 0.25) is 0 Å². The van der Waals surface area contributed by atoms with Crippen LogP contribution < -0.4 is 0 Å². The smallest absolute Gasteiger partial charge is 0.192 e. The summed E-state index contributed by atoms with van der Waals surface area (Å²) in [7, 11) is 0. The molecule has 1 heterocycles. The van der Waals surface area contributed by atoms with E-state index in [1.165, 1.54) is 11.8 Å². The lowest BCUT2D eigenvalue weighted by molar-refractivity contribution is 0.112. The van der Waals surface area contributed by atoms with Crippen LogP contribution >= 0.6 is 27.7 Å². The second-order valence-corrected chi connectivity index (χ2v) is 4.86. The maximum absolute atomic E-state index is 10.9. The molecule has 0 N–H and O–H groups in total. The molecule has 80 valence electrons. The predicted octanol–water partition coefficient (Wildman–Crippen LogP) is 3.20. The quantitative estimate of drug-likeness (QED) is 0.644. The van der Waals surface area contributed by atoms with Crippen molar-refractivity contribution < 1.29 is 4.79 Å². The first-order chi connectivity index (χ1) is 7.79. The molecule has 5 heteroatoms. The Labute approximate surface area is 105 Å². The zero-order valence-corrected chi connectivity index (χ0v) is 10.5. The van der Waals surface area contributed by atoms with Crippen LogP contribution in [0.5, 0.6) is 0 Å². The van der Waals surface area contributed by atoms with Crippen LogP contribution in [0.3, 0.4) is 0 Å². The Morgan fingerprint density at radius 1 is 1.25 bits per heavy atom. The molecule has 0 amide bonds. The molecular formula is C11H7BrN2OS. The molecule has 0 saturated heterocycles. The van der Waals surface area contributed by atoms with Crippen molar-refractivity contribution in [3.8, 4) is 0 Å². The molecule has 0 atom stereocenters. The van der Waals surface area contributed by atoms with Crippen LogP contribution in [0.25, 0.3) is 0 Å². The third-order valence-electron chi connectivity index (χ3n) is 1.85. The number of aromatic nitrogens is 2. The average molecular weight is 295 g/mol. The number of carbonyl (C=O) groups excluding carboxylic acids is 1. The molecule has 0 saturated carbocycles. The van der Waals surface area contributed by atoms with E-state index in [2.05, 4.69) is 25.9 Å². The topological polar surface area (TPSA) is 42.9 Å².